The lowest BCUT2D eigenvalue weighted by Crippen LogP contribution is -2.18. The van der Waals surface area contributed by atoms with E-state index in [0.29, 0.717) is 23.5 Å². The third kappa shape index (κ3) is 12.1. The fourth-order valence-electron chi connectivity index (χ4n) is 1.48. The van der Waals surface area contributed by atoms with Gasteiger partial charge in [-0.2, -0.15) is 5.26 Å². The van der Waals surface area contributed by atoms with Crippen molar-refractivity contribution in [3.63, 3.8) is 0 Å². The maximum Gasteiger partial charge on any atom is 0.230 e. The quantitative estimate of drug-likeness (QED) is 0.170. The molecule has 0 bridgehead atoms. The summed E-state index contributed by atoms with van der Waals surface area (Å²) in [6.45, 7) is 2.00. The number of ether oxygens (including phenoxy) is 1. The molecule has 1 rings (SSSR count). The van der Waals surface area contributed by atoms with Crippen molar-refractivity contribution in [1.29, 1.82) is 5.26 Å². The molecule has 0 heterocycles. The van der Waals surface area contributed by atoms with Crippen molar-refractivity contribution < 1.29 is 14.6 Å². The van der Waals surface area contributed by atoms with E-state index in [1.54, 1.807) is 31.8 Å². The van der Waals surface area contributed by atoms with Gasteiger partial charge in [-0.3, -0.25) is 4.79 Å². The molecule has 27 heavy (non-hydrogen) atoms. The molecule has 0 spiro atoms. The lowest BCUT2D eigenvalue weighted by molar-refractivity contribution is 0.109. The zero-order chi connectivity index (χ0) is 20.0. The molecule has 1 unspecified atom stereocenters. The normalized spacial score (nSPS) is 12.8. The summed E-state index contributed by atoms with van der Waals surface area (Å²) in [4.78, 5) is 11.9. The fraction of sp³-hybridized carbons (Fsp3) is 0.400. The maximum atomic E-state index is 11.9. The van der Waals surface area contributed by atoms with Crippen LogP contribution in [0.1, 0.15) is 30.1 Å². The van der Waals surface area contributed by atoms with Crippen LogP contribution in [0, 0.1) is 11.3 Å². The number of thiocarbonyl (C=S) groups is 1. The van der Waals surface area contributed by atoms with Gasteiger partial charge in [0.2, 0.25) is 5.12 Å². The highest BCUT2D eigenvalue weighted by Gasteiger charge is 2.26. The lowest BCUT2D eigenvalue weighted by Gasteiger charge is -2.19. The van der Waals surface area contributed by atoms with Crippen molar-refractivity contribution in [2.75, 3.05) is 13.2 Å². The Kier molecular flexibility index (Phi) is 14.8. The number of aliphatic hydroxyl groups is 1. The highest BCUT2D eigenvalue weighted by atomic mass is 33.9. The van der Waals surface area contributed by atoms with Crippen LogP contribution in [0.25, 0.3) is 0 Å². The molecule has 0 aliphatic heterocycles. The first-order valence-corrected chi connectivity index (χ1v) is 16.7. The molecule has 0 aromatic heterocycles. The van der Waals surface area contributed by atoms with Crippen LogP contribution in [0.3, 0.4) is 0 Å². The van der Waals surface area contributed by atoms with Crippen LogP contribution >= 0.6 is 82.9 Å². The monoisotopic (exact) mass is 515 g/mol. The van der Waals surface area contributed by atoms with Crippen molar-refractivity contribution in [1.82, 2.24) is 0 Å². The van der Waals surface area contributed by atoms with Crippen molar-refractivity contribution in [2.45, 2.75) is 24.5 Å². The summed E-state index contributed by atoms with van der Waals surface area (Å²) in [6.07, 6.45) is 1.09. The summed E-state index contributed by atoms with van der Waals surface area (Å²) in [5.74, 6) is 0. The molecule has 4 nitrogen and oxygen atoms in total. The number of rotatable bonds is 13. The Morgan fingerprint density at radius 1 is 1.22 bits per heavy atom. The largest absolute Gasteiger partial charge is 0.485 e. The molecule has 148 valence electrons. The number of benzene rings is 1. The van der Waals surface area contributed by atoms with Gasteiger partial charge in [0.1, 0.15) is 11.4 Å². The Bertz CT molecular complexity index is 627. The first-order chi connectivity index (χ1) is 13.0. The highest BCUT2D eigenvalue weighted by Crippen LogP contribution is 2.57. The molecule has 0 saturated heterocycles. The molecule has 0 saturated carbocycles. The number of carbonyl (C=O) groups excluding carboxylic acids is 1. The Labute approximate surface area is 191 Å². The number of aliphatic hydroxyl groups excluding tert-OH is 1. The van der Waals surface area contributed by atoms with Crippen LogP contribution in [-0.4, -0.2) is 33.2 Å². The summed E-state index contributed by atoms with van der Waals surface area (Å²) in [5, 5.41) is 18.6. The van der Waals surface area contributed by atoms with E-state index >= 15 is 0 Å². The predicted octanol–water partition coefficient (Wildman–Crippen LogP) is 6.85. The van der Waals surface area contributed by atoms with Gasteiger partial charge in [0, 0.05) is 12.0 Å². The molecule has 0 fully saturated rings. The number of nitriles is 1. The molecular weight excluding hydrogens is 499 g/mol. The average molecular weight is 516 g/mol. The second-order valence-corrected chi connectivity index (χ2v) is 16.9. The first kappa shape index (κ1) is 25.7. The van der Waals surface area contributed by atoms with Gasteiger partial charge in [-0.05, 0) is 85.5 Å². The van der Waals surface area contributed by atoms with Crippen molar-refractivity contribution in [3.8, 4) is 6.07 Å². The first-order valence-electron chi connectivity index (χ1n) is 7.47. The van der Waals surface area contributed by atoms with Crippen LogP contribution < -0.4 is 0 Å². The maximum absolute atomic E-state index is 11.9. The van der Waals surface area contributed by atoms with E-state index in [1.165, 1.54) is 51.1 Å². The molecule has 1 N–H and O–H groups in total. The summed E-state index contributed by atoms with van der Waals surface area (Å²) < 4.78 is 4.59. The van der Waals surface area contributed by atoms with Gasteiger partial charge in [0.15, 0.2) is 5.05 Å². The second kappa shape index (κ2) is 15.5. The number of hydrogen-bond acceptors (Lipinski definition) is 12. The van der Waals surface area contributed by atoms with Gasteiger partial charge in [-0.1, -0.05) is 41.1 Å². The smallest absolute Gasteiger partial charge is 0.230 e. The molecule has 0 aliphatic rings. The van der Waals surface area contributed by atoms with Gasteiger partial charge in [0.05, 0.1) is 12.7 Å². The van der Waals surface area contributed by atoms with Crippen LogP contribution in [0.15, 0.2) is 30.3 Å². The summed E-state index contributed by atoms with van der Waals surface area (Å²) >= 11 is 5.07. The van der Waals surface area contributed by atoms with E-state index in [1.807, 2.05) is 25.1 Å². The Hall–Kier alpha value is 0.680. The summed E-state index contributed by atoms with van der Waals surface area (Å²) in [7, 11) is 10.3. The van der Waals surface area contributed by atoms with Crippen LogP contribution in [-0.2, 0) is 4.74 Å². The van der Waals surface area contributed by atoms with Gasteiger partial charge in [-0.25, -0.2) is 0 Å². The number of hydrogen-bond donors (Lipinski definition) is 1. The molecule has 12 heteroatoms. The van der Waals surface area contributed by atoms with Crippen molar-refractivity contribution in [3.05, 3.63) is 35.9 Å². The van der Waals surface area contributed by atoms with Gasteiger partial charge in [0.25, 0.3) is 0 Å². The average Bonchev–Trinajstić information content (AvgIpc) is 2.70. The molecular formula is C15H17NO3S8. The molecule has 0 aliphatic carbocycles. The Morgan fingerprint density at radius 3 is 2.56 bits per heavy atom. The molecule has 1 aromatic carbocycles. The standard InChI is InChI=1S/C15H17NO3S8/c1-15(11-16,8-7-13(20)19-10-9-17)22-24-26-27-25-23-21-14(18)12-5-3-2-4-6-12/h2-6,17H,7-10H2,1H3. The summed E-state index contributed by atoms with van der Waals surface area (Å²) in [6, 6.07) is 11.5. The van der Waals surface area contributed by atoms with Crippen LogP contribution in [0.2, 0.25) is 0 Å². The minimum absolute atomic E-state index is 0.0390. The third-order valence-electron chi connectivity index (χ3n) is 2.85. The van der Waals surface area contributed by atoms with Gasteiger partial charge in [-0.15, -0.1) is 0 Å². The molecule has 1 aromatic rings. The van der Waals surface area contributed by atoms with E-state index in [9.17, 15) is 10.1 Å². The second-order valence-electron chi connectivity index (χ2n) is 4.95. The van der Waals surface area contributed by atoms with Gasteiger partial charge < -0.3 is 9.84 Å². The number of nitrogens with zero attached hydrogens (tertiary/aromatic N) is 1. The topological polar surface area (TPSA) is 70.3 Å². The Morgan fingerprint density at radius 2 is 1.89 bits per heavy atom. The van der Waals surface area contributed by atoms with E-state index in [0.717, 1.165) is 0 Å². The van der Waals surface area contributed by atoms with Crippen LogP contribution in [0.4, 0.5) is 0 Å². The zero-order valence-corrected chi connectivity index (χ0v) is 20.7. The van der Waals surface area contributed by atoms with E-state index in [2.05, 4.69) is 6.07 Å². The van der Waals surface area contributed by atoms with Crippen molar-refractivity contribution >= 4 is 93.1 Å². The van der Waals surface area contributed by atoms with E-state index in [4.69, 9.17) is 22.1 Å². The van der Waals surface area contributed by atoms with E-state index in [-0.39, 0.29) is 18.3 Å². The molecule has 0 radical (unpaired) electrons. The molecule has 1 atom stereocenters. The predicted molar refractivity (Wildman–Crippen MR) is 133 cm³/mol. The van der Waals surface area contributed by atoms with Gasteiger partial charge >= 0.3 is 0 Å². The van der Waals surface area contributed by atoms with E-state index < -0.39 is 4.75 Å². The van der Waals surface area contributed by atoms with Crippen molar-refractivity contribution in [2.24, 2.45) is 0 Å². The SMILES string of the molecule is CC(C#N)(CCC(=S)OCCO)SSSSSSSC(=O)c1ccccc1. The van der Waals surface area contributed by atoms with Crippen LogP contribution in [0.5, 0.6) is 0 Å². The minimum Gasteiger partial charge on any atom is -0.485 e. The highest BCUT2D eigenvalue weighted by molar-refractivity contribution is 9.46. The Balaban J connectivity index is 2.13. The third-order valence-corrected chi connectivity index (χ3v) is 16.4. The summed E-state index contributed by atoms with van der Waals surface area (Å²) in [5.41, 5.74) is 0.698. The zero-order valence-electron chi connectivity index (χ0n) is 14.2. The number of carbonyl (C=O) groups is 1. The fourth-order valence-corrected chi connectivity index (χ4v) is 16.0. The molecule has 0 amide bonds. The minimum atomic E-state index is -0.569. The lowest BCUT2D eigenvalue weighted by atomic mass is 10.1.